The van der Waals surface area contributed by atoms with E-state index in [1.54, 1.807) is 6.07 Å². The summed E-state index contributed by atoms with van der Waals surface area (Å²) >= 11 is 0. The number of rotatable bonds is 5. The van der Waals surface area contributed by atoms with Crippen molar-refractivity contribution in [2.45, 2.75) is 13.8 Å². The van der Waals surface area contributed by atoms with Gasteiger partial charge in [0.2, 0.25) is 0 Å². The van der Waals surface area contributed by atoms with Crippen molar-refractivity contribution in [1.82, 2.24) is 25.0 Å². The van der Waals surface area contributed by atoms with Crippen molar-refractivity contribution >= 4 is 5.91 Å². The zero-order valence-corrected chi connectivity index (χ0v) is 15.1. The standard InChI is InChI=1S/C18H25N5O2/c1-13-17(14(2)22(3)21-13)15-5-4-6-16(20-15)18(24)19-7-8-23-9-11-25-12-10-23/h4-6H,7-12H2,1-3H3,(H,19,24). The fraction of sp³-hybridized carbons (Fsp3) is 0.500. The molecule has 3 rings (SSSR count). The Morgan fingerprint density at radius 2 is 2.04 bits per heavy atom. The van der Waals surface area contributed by atoms with Crippen molar-refractivity contribution in [3.05, 3.63) is 35.3 Å². The van der Waals surface area contributed by atoms with E-state index in [0.29, 0.717) is 12.2 Å². The number of pyridine rings is 1. The van der Waals surface area contributed by atoms with E-state index in [-0.39, 0.29) is 5.91 Å². The molecule has 0 spiro atoms. The summed E-state index contributed by atoms with van der Waals surface area (Å²) in [4.78, 5) is 19.2. The minimum absolute atomic E-state index is 0.144. The van der Waals surface area contributed by atoms with E-state index >= 15 is 0 Å². The molecular weight excluding hydrogens is 318 g/mol. The van der Waals surface area contributed by atoms with Crippen LogP contribution in [0.5, 0.6) is 0 Å². The average molecular weight is 343 g/mol. The average Bonchev–Trinajstić information content (AvgIpc) is 2.88. The van der Waals surface area contributed by atoms with Crippen molar-refractivity contribution in [2.24, 2.45) is 7.05 Å². The third kappa shape index (κ3) is 4.05. The lowest BCUT2D eigenvalue weighted by Crippen LogP contribution is -2.41. The predicted molar refractivity (Wildman–Crippen MR) is 95.5 cm³/mol. The maximum atomic E-state index is 12.4. The number of hydrogen-bond acceptors (Lipinski definition) is 5. The third-order valence-electron chi connectivity index (χ3n) is 4.56. The monoisotopic (exact) mass is 343 g/mol. The summed E-state index contributed by atoms with van der Waals surface area (Å²) in [6, 6.07) is 5.53. The van der Waals surface area contributed by atoms with E-state index < -0.39 is 0 Å². The molecule has 3 heterocycles. The Hall–Kier alpha value is -2.25. The van der Waals surface area contributed by atoms with Crippen LogP contribution < -0.4 is 5.32 Å². The SMILES string of the molecule is Cc1nn(C)c(C)c1-c1cccc(C(=O)NCCN2CCOCC2)n1. The number of ether oxygens (including phenoxy) is 1. The van der Waals surface area contributed by atoms with Crippen LogP contribution in [0.25, 0.3) is 11.3 Å². The van der Waals surface area contributed by atoms with Gasteiger partial charge in [0.05, 0.1) is 24.6 Å². The van der Waals surface area contributed by atoms with Crippen molar-refractivity contribution in [3.8, 4) is 11.3 Å². The van der Waals surface area contributed by atoms with Gasteiger partial charge < -0.3 is 10.1 Å². The second kappa shape index (κ2) is 7.76. The molecule has 2 aromatic heterocycles. The highest BCUT2D eigenvalue weighted by molar-refractivity contribution is 5.92. The minimum atomic E-state index is -0.144. The van der Waals surface area contributed by atoms with Gasteiger partial charge in [-0.15, -0.1) is 0 Å². The lowest BCUT2D eigenvalue weighted by atomic mass is 10.1. The summed E-state index contributed by atoms with van der Waals surface area (Å²) in [7, 11) is 1.91. The molecule has 7 nitrogen and oxygen atoms in total. The predicted octanol–water partition coefficient (Wildman–Crippen LogP) is 1.16. The Bertz CT molecular complexity index is 750. The number of nitrogens with zero attached hydrogens (tertiary/aromatic N) is 4. The van der Waals surface area contributed by atoms with E-state index in [4.69, 9.17) is 4.74 Å². The molecule has 0 radical (unpaired) electrons. The fourth-order valence-corrected chi connectivity index (χ4v) is 3.09. The van der Waals surface area contributed by atoms with Crippen LogP contribution in [0, 0.1) is 13.8 Å². The highest BCUT2D eigenvalue weighted by Gasteiger charge is 2.15. The first kappa shape index (κ1) is 17.6. The minimum Gasteiger partial charge on any atom is -0.379 e. The molecule has 0 unspecified atom stereocenters. The highest BCUT2D eigenvalue weighted by Crippen LogP contribution is 2.24. The van der Waals surface area contributed by atoms with Gasteiger partial charge in [0.15, 0.2) is 0 Å². The van der Waals surface area contributed by atoms with Gasteiger partial charge in [-0.05, 0) is 26.0 Å². The van der Waals surface area contributed by atoms with Crippen molar-refractivity contribution in [2.75, 3.05) is 39.4 Å². The van der Waals surface area contributed by atoms with E-state index in [1.807, 2.05) is 37.7 Å². The molecular formula is C18H25N5O2. The molecule has 25 heavy (non-hydrogen) atoms. The van der Waals surface area contributed by atoms with Crippen molar-refractivity contribution < 1.29 is 9.53 Å². The molecule has 1 N–H and O–H groups in total. The molecule has 0 bridgehead atoms. The first-order valence-electron chi connectivity index (χ1n) is 8.62. The van der Waals surface area contributed by atoms with Gasteiger partial charge in [0.25, 0.3) is 5.91 Å². The van der Waals surface area contributed by atoms with Gasteiger partial charge in [-0.2, -0.15) is 5.10 Å². The zero-order valence-electron chi connectivity index (χ0n) is 15.1. The van der Waals surface area contributed by atoms with Gasteiger partial charge in [-0.1, -0.05) is 6.07 Å². The topological polar surface area (TPSA) is 72.3 Å². The molecule has 134 valence electrons. The van der Waals surface area contributed by atoms with Crippen LogP contribution in [0.2, 0.25) is 0 Å². The van der Waals surface area contributed by atoms with Crippen molar-refractivity contribution in [1.29, 1.82) is 0 Å². The van der Waals surface area contributed by atoms with Crippen LogP contribution in [-0.2, 0) is 11.8 Å². The maximum absolute atomic E-state index is 12.4. The maximum Gasteiger partial charge on any atom is 0.269 e. The Morgan fingerprint density at radius 3 is 2.72 bits per heavy atom. The summed E-state index contributed by atoms with van der Waals surface area (Å²) in [5.74, 6) is -0.144. The molecule has 0 aliphatic carbocycles. The second-order valence-electron chi connectivity index (χ2n) is 6.29. The number of morpholine rings is 1. The number of amides is 1. The summed E-state index contributed by atoms with van der Waals surface area (Å²) in [5, 5.41) is 7.38. The number of hydrogen-bond donors (Lipinski definition) is 1. The summed E-state index contributed by atoms with van der Waals surface area (Å²) in [6.45, 7) is 8.77. The van der Waals surface area contributed by atoms with E-state index in [1.165, 1.54) is 0 Å². The molecule has 1 aliphatic heterocycles. The smallest absolute Gasteiger partial charge is 0.269 e. The van der Waals surface area contributed by atoms with Crippen LogP contribution in [-0.4, -0.2) is 65.0 Å². The van der Waals surface area contributed by atoms with Crippen LogP contribution >= 0.6 is 0 Å². The quantitative estimate of drug-likeness (QED) is 0.882. The van der Waals surface area contributed by atoms with E-state index in [2.05, 4.69) is 20.3 Å². The Labute approximate surface area is 148 Å². The fourth-order valence-electron chi connectivity index (χ4n) is 3.09. The van der Waals surface area contributed by atoms with Crippen LogP contribution in [0.15, 0.2) is 18.2 Å². The first-order chi connectivity index (χ1) is 12.1. The normalized spacial score (nSPS) is 15.3. The number of carbonyl (C=O) groups excluding carboxylic acids is 1. The lowest BCUT2D eigenvalue weighted by molar-refractivity contribution is 0.0383. The van der Waals surface area contributed by atoms with Gasteiger partial charge in [-0.3, -0.25) is 14.4 Å². The largest absolute Gasteiger partial charge is 0.379 e. The van der Waals surface area contributed by atoms with Gasteiger partial charge in [-0.25, -0.2) is 4.98 Å². The highest BCUT2D eigenvalue weighted by atomic mass is 16.5. The van der Waals surface area contributed by atoms with Gasteiger partial charge in [0.1, 0.15) is 5.69 Å². The molecule has 0 atom stereocenters. The molecule has 2 aromatic rings. The molecule has 0 saturated carbocycles. The van der Waals surface area contributed by atoms with E-state index in [0.717, 1.165) is 55.5 Å². The molecule has 0 aromatic carbocycles. The number of aryl methyl sites for hydroxylation is 2. The zero-order chi connectivity index (χ0) is 17.8. The molecule has 1 amide bonds. The lowest BCUT2D eigenvalue weighted by Gasteiger charge is -2.26. The third-order valence-corrected chi connectivity index (χ3v) is 4.56. The number of nitrogens with one attached hydrogen (secondary N) is 1. The van der Waals surface area contributed by atoms with Gasteiger partial charge >= 0.3 is 0 Å². The van der Waals surface area contributed by atoms with Crippen molar-refractivity contribution in [3.63, 3.8) is 0 Å². The molecule has 7 heteroatoms. The van der Waals surface area contributed by atoms with Crippen LogP contribution in [0.3, 0.4) is 0 Å². The number of aromatic nitrogens is 3. The summed E-state index contributed by atoms with van der Waals surface area (Å²) in [5.41, 5.74) is 4.16. The van der Waals surface area contributed by atoms with E-state index in [9.17, 15) is 4.79 Å². The van der Waals surface area contributed by atoms with Gasteiger partial charge in [0, 0.05) is 44.5 Å². The Balaban J connectivity index is 1.65. The molecule has 1 saturated heterocycles. The second-order valence-corrected chi connectivity index (χ2v) is 6.29. The first-order valence-corrected chi connectivity index (χ1v) is 8.62. The summed E-state index contributed by atoms with van der Waals surface area (Å²) in [6.07, 6.45) is 0. The molecule has 1 fully saturated rings. The number of carbonyl (C=O) groups is 1. The summed E-state index contributed by atoms with van der Waals surface area (Å²) < 4.78 is 7.16. The van der Waals surface area contributed by atoms with Crippen LogP contribution in [0.1, 0.15) is 21.9 Å². The van der Waals surface area contributed by atoms with Crippen LogP contribution in [0.4, 0.5) is 0 Å². The Kier molecular flexibility index (Phi) is 5.45. The molecule has 1 aliphatic rings. The Morgan fingerprint density at radius 1 is 1.28 bits per heavy atom.